The normalized spacial score (nSPS) is 15.6. The van der Waals surface area contributed by atoms with Gasteiger partial charge >= 0.3 is 0 Å². The molecule has 0 unspecified atom stereocenters. The Morgan fingerprint density at radius 1 is 1.17 bits per heavy atom. The maximum atomic E-state index is 13.1. The first-order valence-corrected chi connectivity index (χ1v) is 9.61. The molecule has 2 aromatic carbocycles. The minimum Gasteiger partial charge on any atom is -0.507 e. The number of H-pyrrole nitrogens is 1. The van der Waals surface area contributed by atoms with Crippen LogP contribution in [0.15, 0.2) is 42.5 Å². The number of phenolic OH excluding ortho intramolecular Hbond substituents is 2. The highest BCUT2D eigenvalue weighted by Gasteiger charge is 2.42. The molecule has 0 saturated carbocycles. The van der Waals surface area contributed by atoms with Crippen LogP contribution in [0.2, 0.25) is 0 Å². The lowest BCUT2D eigenvalue weighted by molar-refractivity contribution is 0.0741. The fraction of sp³-hybridized carbons (Fsp3) is 0.273. The molecule has 0 bridgehead atoms. The Kier molecular flexibility index (Phi) is 4.88. The van der Waals surface area contributed by atoms with E-state index in [0.29, 0.717) is 29.2 Å². The molecule has 2 heterocycles. The van der Waals surface area contributed by atoms with Crippen LogP contribution in [-0.4, -0.2) is 44.9 Å². The van der Waals surface area contributed by atoms with Gasteiger partial charge in [-0.3, -0.25) is 9.89 Å². The second-order valence-electron chi connectivity index (χ2n) is 7.06. The van der Waals surface area contributed by atoms with Crippen LogP contribution in [0, 0.1) is 0 Å². The predicted molar refractivity (Wildman–Crippen MR) is 108 cm³/mol. The average Bonchev–Trinajstić information content (AvgIpc) is 3.26. The molecule has 7 nitrogen and oxygen atoms in total. The Labute approximate surface area is 168 Å². The Morgan fingerprint density at radius 2 is 1.97 bits per heavy atom. The number of aromatic nitrogens is 2. The molecule has 0 aliphatic carbocycles. The van der Waals surface area contributed by atoms with E-state index in [1.807, 2.05) is 11.0 Å². The van der Waals surface area contributed by atoms with Crippen LogP contribution in [-0.2, 0) is 0 Å². The molecule has 4 rings (SSSR count). The summed E-state index contributed by atoms with van der Waals surface area (Å²) in [4.78, 5) is 15.0. The van der Waals surface area contributed by atoms with Crippen molar-refractivity contribution < 1.29 is 19.7 Å². The number of carbonyl (C=O) groups excluding carboxylic acids is 1. The van der Waals surface area contributed by atoms with Gasteiger partial charge in [0.25, 0.3) is 5.91 Å². The van der Waals surface area contributed by atoms with E-state index in [1.165, 1.54) is 7.11 Å². The quantitative estimate of drug-likeness (QED) is 0.591. The number of hydrogen-bond donors (Lipinski definition) is 3. The Balaban J connectivity index is 1.90. The molecule has 0 radical (unpaired) electrons. The van der Waals surface area contributed by atoms with Gasteiger partial charge in [-0.15, -0.1) is 0 Å². The van der Waals surface area contributed by atoms with E-state index in [0.717, 1.165) is 24.0 Å². The van der Waals surface area contributed by atoms with Crippen molar-refractivity contribution in [3.05, 3.63) is 59.3 Å². The molecule has 1 aromatic heterocycles. The first-order valence-electron chi connectivity index (χ1n) is 9.61. The van der Waals surface area contributed by atoms with Crippen LogP contribution >= 0.6 is 0 Å². The third-order valence-electron chi connectivity index (χ3n) is 5.30. The van der Waals surface area contributed by atoms with Gasteiger partial charge in [0, 0.05) is 17.7 Å². The maximum Gasteiger partial charge on any atom is 0.273 e. The van der Waals surface area contributed by atoms with Gasteiger partial charge in [-0.25, -0.2) is 0 Å². The molecule has 1 atom stereocenters. The Bertz CT molecular complexity index is 1060. The van der Waals surface area contributed by atoms with Crippen LogP contribution in [0.4, 0.5) is 0 Å². The number of nitrogens with one attached hydrogen (secondary N) is 1. The number of ether oxygens (including phenoxy) is 1. The van der Waals surface area contributed by atoms with Crippen molar-refractivity contribution in [3.63, 3.8) is 0 Å². The summed E-state index contributed by atoms with van der Waals surface area (Å²) in [6.07, 6.45) is 1.81. The molecule has 3 N–H and O–H groups in total. The second kappa shape index (κ2) is 7.50. The summed E-state index contributed by atoms with van der Waals surface area (Å²) < 4.78 is 5.27. The molecular formula is C22H23N3O4. The summed E-state index contributed by atoms with van der Waals surface area (Å²) in [7, 11) is 1.49. The zero-order valence-corrected chi connectivity index (χ0v) is 16.3. The van der Waals surface area contributed by atoms with Gasteiger partial charge in [0.1, 0.15) is 17.1 Å². The largest absolute Gasteiger partial charge is 0.507 e. The van der Waals surface area contributed by atoms with Crippen molar-refractivity contribution >= 4 is 5.91 Å². The van der Waals surface area contributed by atoms with E-state index in [4.69, 9.17) is 4.74 Å². The third-order valence-corrected chi connectivity index (χ3v) is 5.30. The SMILES string of the molecule is CCCCN1C(=O)c2[nH]nc(-c3ccccc3O)c2[C@@H]1c1ccc(O)c(OC)c1. The Hall–Kier alpha value is -3.48. The number of aromatic hydroxyl groups is 2. The Morgan fingerprint density at radius 3 is 2.69 bits per heavy atom. The third kappa shape index (κ3) is 3.08. The number of benzene rings is 2. The van der Waals surface area contributed by atoms with Gasteiger partial charge in [-0.2, -0.15) is 5.10 Å². The van der Waals surface area contributed by atoms with Crippen molar-refractivity contribution in [2.75, 3.05) is 13.7 Å². The number of fused-ring (bicyclic) bond motifs is 1. The minimum atomic E-state index is -0.396. The number of para-hydroxylation sites is 1. The number of nitrogens with zero attached hydrogens (tertiary/aromatic N) is 2. The van der Waals surface area contributed by atoms with Crippen LogP contribution in [0.3, 0.4) is 0 Å². The van der Waals surface area contributed by atoms with Gasteiger partial charge in [0.05, 0.1) is 13.2 Å². The first kappa shape index (κ1) is 18.9. The smallest absolute Gasteiger partial charge is 0.273 e. The molecule has 7 heteroatoms. The number of unbranched alkanes of at least 4 members (excludes halogenated alkanes) is 1. The standard InChI is InChI=1S/C22H23N3O4/c1-3-4-11-25-21(13-9-10-16(27)17(12-13)29-2)18-19(23-24-20(18)22(25)28)14-7-5-6-8-15(14)26/h5-10,12,21,26-27H,3-4,11H2,1-2H3,(H,23,24)/t21-/m0/s1. The van der Waals surface area contributed by atoms with E-state index in [9.17, 15) is 15.0 Å². The summed E-state index contributed by atoms with van der Waals surface area (Å²) in [6, 6.07) is 11.6. The molecule has 0 saturated heterocycles. The van der Waals surface area contributed by atoms with E-state index >= 15 is 0 Å². The van der Waals surface area contributed by atoms with Gasteiger partial charge in [0.2, 0.25) is 0 Å². The molecule has 1 aliphatic heterocycles. The lowest BCUT2D eigenvalue weighted by Crippen LogP contribution is -2.30. The van der Waals surface area contributed by atoms with Crippen LogP contribution < -0.4 is 4.74 Å². The summed E-state index contributed by atoms with van der Waals surface area (Å²) >= 11 is 0. The minimum absolute atomic E-state index is 0.0361. The lowest BCUT2D eigenvalue weighted by Gasteiger charge is -2.26. The molecule has 29 heavy (non-hydrogen) atoms. The molecular weight excluding hydrogens is 370 g/mol. The molecule has 150 valence electrons. The monoisotopic (exact) mass is 393 g/mol. The first-order chi connectivity index (χ1) is 14.1. The predicted octanol–water partition coefficient (Wildman–Crippen LogP) is 3.84. The van der Waals surface area contributed by atoms with Crippen molar-refractivity contribution in [3.8, 4) is 28.5 Å². The number of hydrogen-bond acceptors (Lipinski definition) is 5. The van der Waals surface area contributed by atoms with Crippen molar-refractivity contribution in [1.82, 2.24) is 15.1 Å². The maximum absolute atomic E-state index is 13.1. The molecule has 1 aliphatic rings. The summed E-state index contributed by atoms with van der Waals surface area (Å²) in [5.41, 5.74) is 3.06. The van der Waals surface area contributed by atoms with E-state index < -0.39 is 6.04 Å². The fourth-order valence-electron chi connectivity index (χ4n) is 3.85. The van der Waals surface area contributed by atoms with Gasteiger partial charge in [0.15, 0.2) is 11.5 Å². The van der Waals surface area contributed by atoms with Crippen LogP contribution in [0.5, 0.6) is 17.2 Å². The van der Waals surface area contributed by atoms with E-state index in [1.54, 1.807) is 36.4 Å². The molecule has 0 fully saturated rings. The fourth-order valence-corrected chi connectivity index (χ4v) is 3.85. The van der Waals surface area contributed by atoms with Gasteiger partial charge in [-0.05, 0) is 36.2 Å². The highest BCUT2D eigenvalue weighted by Crippen LogP contribution is 2.45. The van der Waals surface area contributed by atoms with Crippen molar-refractivity contribution in [2.24, 2.45) is 0 Å². The average molecular weight is 393 g/mol. The topological polar surface area (TPSA) is 98.7 Å². The van der Waals surface area contributed by atoms with Crippen molar-refractivity contribution in [1.29, 1.82) is 0 Å². The highest BCUT2D eigenvalue weighted by atomic mass is 16.5. The van der Waals surface area contributed by atoms with Crippen molar-refractivity contribution in [2.45, 2.75) is 25.8 Å². The molecule has 3 aromatic rings. The summed E-state index contributed by atoms with van der Waals surface area (Å²) in [5, 5.41) is 27.6. The summed E-state index contributed by atoms with van der Waals surface area (Å²) in [5.74, 6) is 0.350. The number of aromatic amines is 1. The van der Waals surface area contributed by atoms with E-state index in [-0.39, 0.29) is 17.4 Å². The zero-order chi connectivity index (χ0) is 20.5. The number of methoxy groups -OCH3 is 1. The molecule has 1 amide bonds. The van der Waals surface area contributed by atoms with Gasteiger partial charge in [-0.1, -0.05) is 31.5 Å². The van der Waals surface area contributed by atoms with Gasteiger partial charge < -0.3 is 19.8 Å². The number of rotatable bonds is 6. The second-order valence-corrected chi connectivity index (χ2v) is 7.06. The highest BCUT2D eigenvalue weighted by molar-refractivity contribution is 6.00. The zero-order valence-electron chi connectivity index (χ0n) is 16.3. The van der Waals surface area contributed by atoms with E-state index in [2.05, 4.69) is 17.1 Å². The molecule has 0 spiro atoms. The number of amides is 1. The summed E-state index contributed by atoms with van der Waals surface area (Å²) in [6.45, 7) is 2.67. The lowest BCUT2D eigenvalue weighted by atomic mass is 9.95. The number of phenols is 2. The number of carbonyl (C=O) groups is 1. The van der Waals surface area contributed by atoms with Crippen LogP contribution in [0.1, 0.15) is 47.4 Å². The van der Waals surface area contributed by atoms with Crippen LogP contribution in [0.25, 0.3) is 11.3 Å².